The predicted octanol–water partition coefficient (Wildman–Crippen LogP) is 1.97. The molecule has 0 radical (unpaired) electrons. The summed E-state index contributed by atoms with van der Waals surface area (Å²) in [5.74, 6) is 1.47. The Labute approximate surface area is 189 Å². The highest BCUT2D eigenvalue weighted by atomic mass is 32.2. The molecular formula is C23H37N5O2S. The van der Waals surface area contributed by atoms with E-state index in [9.17, 15) is 9.00 Å². The van der Waals surface area contributed by atoms with E-state index in [1.54, 1.807) is 0 Å². The van der Waals surface area contributed by atoms with Crippen LogP contribution in [0, 0.1) is 0 Å². The van der Waals surface area contributed by atoms with Crippen molar-refractivity contribution in [2.24, 2.45) is 4.99 Å². The van der Waals surface area contributed by atoms with Gasteiger partial charge in [0.2, 0.25) is 5.91 Å². The molecule has 0 aromatic heterocycles. The third-order valence-corrected chi connectivity index (χ3v) is 7.83. The van der Waals surface area contributed by atoms with Gasteiger partial charge in [-0.15, -0.1) is 0 Å². The molecule has 1 aromatic carbocycles. The Kier molecular flexibility index (Phi) is 9.18. The molecule has 1 aromatic rings. The van der Waals surface area contributed by atoms with Gasteiger partial charge < -0.3 is 20.4 Å². The van der Waals surface area contributed by atoms with Crippen LogP contribution in [-0.4, -0.2) is 77.3 Å². The van der Waals surface area contributed by atoms with Crippen LogP contribution in [-0.2, 0) is 15.6 Å². The van der Waals surface area contributed by atoms with Crippen LogP contribution in [0.2, 0.25) is 0 Å². The fraction of sp³-hybridized carbons (Fsp3) is 0.652. The number of carbonyl (C=O) groups is 1. The topological polar surface area (TPSA) is 77.0 Å². The molecule has 1 heterocycles. The summed E-state index contributed by atoms with van der Waals surface area (Å²) in [5.41, 5.74) is 1.21. The van der Waals surface area contributed by atoms with Crippen LogP contribution in [0.15, 0.2) is 35.3 Å². The first kappa shape index (κ1) is 23.6. The first-order valence-electron chi connectivity index (χ1n) is 11.6. The van der Waals surface area contributed by atoms with E-state index in [0.717, 1.165) is 64.2 Å². The lowest BCUT2D eigenvalue weighted by Gasteiger charge is -2.36. The summed E-state index contributed by atoms with van der Waals surface area (Å²) < 4.78 is 12.2. The second-order valence-corrected chi connectivity index (χ2v) is 10.2. The summed E-state index contributed by atoms with van der Waals surface area (Å²) in [6, 6.07) is 10.6. The number of carbonyl (C=O) groups excluding carboxylic acids is 1. The number of piperazine rings is 1. The number of aliphatic imine (C=N–C) groups is 1. The minimum absolute atomic E-state index is 0.0681. The second-order valence-electron chi connectivity index (χ2n) is 8.20. The van der Waals surface area contributed by atoms with Crippen molar-refractivity contribution < 1.29 is 9.00 Å². The number of amides is 1. The minimum atomic E-state index is -0.749. The van der Waals surface area contributed by atoms with Crippen LogP contribution in [0.1, 0.15) is 39.5 Å². The predicted molar refractivity (Wildman–Crippen MR) is 129 cm³/mol. The molecule has 0 spiro atoms. The largest absolute Gasteiger partial charge is 0.368 e. The lowest BCUT2D eigenvalue weighted by atomic mass is 9.95. The van der Waals surface area contributed by atoms with Gasteiger partial charge in [-0.25, -0.2) is 4.99 Å². The van der Waals surface area contributed by atoms with Gasteiger partial charge in [0.1, 0.15) is 6.54 Å². The molecule has 172 valence electrons. The zero-order valence-corrected chi connectivity index (χ0v) is 19.7. The monoisotopic (exact) mass is 447 g/mol. The SMILES string of the molecule is CCNC(=NCC(=O)N1CCN(c2ccccc2)CC1)NC1CCCC(S(=O)CC)C1. The Balaban J connectivity index is 1.49. The lowest BCUT2D eigenvalue weighted by Crippen LogP contribution is -2.50. The molecule has 1 saturated carbocycles. The molecule has 1 saturated heterocycles. The van der Waals surface area contributed by atoms with Crippen LogP contribution < -0.4 is 15.5 Å². The van der Waals surface area contributed by atoms with E-state index in [2.05, 4.69) is 32.7 Å². The van der Waals surface area contributed by atoms with Crippen LogP contribution >= 0.6 is 0 Å². The number of hydrogen-bond donors (Lipinski definition) is 2. The smallest absolute Gasteiger partial charge is 0.244 e. The number of guanidine groups is 1. The first-order chi connectivity index (χ1) is 15.1. The molecule has 7 nitrogen and oxygen atoms in total. The number of benzene rings is 1. The molecule has 1 aliphatic heterocycles. The maximum absolute atomic E-state index is 12.7. The maximum Gasteiger partial charge on any atom is 0.244 e. The van der Waals surface area contributed by atoms with Crippen molar-refractivity contribution in [3.05, 3.63) is 30.3 Å². The maximum atomic E-state index is 12.7. The fourth-order valence-electron chi connectivity index (χ4n) is 4.36. The van der Waals surface area contributed by atoms with Crippen molar-refractivity contribution in [1.29, 1.82) is 0 Å². The summed E-state index contributed by atoms with van der Waals surface area (Å²) in [7, 11) is -0.749. The van der Waals surface area contributed by atoms with E-state index >= 15 is 0 Å². The van der Waals surface area contributed by atoms with Crippen molar-refractivity contribution in [1.82, 2.24) is 15.5 Å². The molecule has 8 heteroatoms. The highest BCUT2D eigenvalue weighted by Gasteiger charge is 2.26. The fourth-order valence-corrected chi connectivity index (χ4v) is 5.71. The molecule has 3 rings (SSSR count). The van der Waals surface area contributed by atoms with Gasteiger partial charge >= 0.3 is 0 Å². The summed E-state index contributed by atoms with van der Waals surface area (Å²) in [6.45, 7) is 8.04. The average molecular weight is 448 g/mol. The third kappa shape index (κ3) is 6.95. The Morgan fingerprint density at radius 1 is 1.13 bits per heavy atom. The van der Waals surface area contributed by atoms with Gasteiger partial charge in [-0.05, 0) is 38.3 Å². The molecule has 1 amide bonds. The number of nitrogens with zero attached hydrogens (tertiary/aromatic N) is 3. The highest BCUT2D eigenvalue weighted by molar-refractivity contribution is 7.85. The van der Waals surface area contributed by atoms with Crippen LogP contribution in [0.5, 0.6) is 0 Å². The quantitative estimate of drug-likeness (QED) is 0.494. The summed E-state index contributed by atoms with van der Waals surface area (Å²) in [4.78, 5) is 21.5. The Morgan fingerprint density at radius 3 is 2.55 bits per heavy atom. The Hall–Kier alpha value is -2.09. The minimum Gasteiger partial charge on any atom is -0.368 e. The average Bonchev–Trinajstić information content (AvgIpc) is 2.83. The lowest BCUT2D eigenvalue weighted by molar-refractivity contribution is -0.129. The molecule has 1 aliphatic carbocycles. The number of rotatable bonds is 7. The molecule has 2 fully saturated rings. The van der Waals surface area contributed by atoms with Gasteiger partial charge in [-0.2, -0.15) is 0 Å². The molecule has 2 aliphatic rings. The molecule has 0 bridgehead atoms. The van der Waals surface area contributed by atoms with Gasteiger partial charge in [0, 0.05) is 66.3 Å². The molecule has 31 heavy (non-hydrogen) atoms. The standard InChI is InChI=1S/C23H37N5O2S/c1-3-24-23(26-19-9-8-12-21(17-19)31(30)4-2)25-18-22(29)28-15-13-27(14-16-28)20-10-6-5-7-11-20/h5-7,10-11,19,21H,3-4,8-9,12-18H2,1-2H3,(H2,24,25,26). The Morgan fingerprint density at radius 2 is 1.87 bits per heavy atom. The van der Waals surface area contributed by atoms with Crippen molar-refractivity contribution >= 4 is 28.4 Å². The summed E-state index contributed by atoms with van der Waals surface area (Å²) in [6.07, 6.45) is 4.08. The second kappa shape index (κ2) is 12.1. The van der Waals surface area contributed by atoms with Crippen molar-refractivity contribution in [2.45, 2.75) is 50.8 Å². The molecule has 3 atom stereocenters. The van der Waals surface area contributed by atoms with Crippen LogP contribution in [0.3, 0.4) is 0 Å². The Bertz CT molecular complexity index is 750. The highest BCUT2D eigenvalue weighted by Crippen LogP contribution is 2.23. The van der Waals surface area contributed by atoms with E-state index in [4.69, 9.17) is 0 Å². The third-order valence-electron chi connectivity index (χ3n) is 6.09. The first-order valence-corrected chi connectivity index (χ1v) is 13.0. The molecular weight excluding hydrogens is 410 g/mol. The van der Waals surface area contributed by atoms with E-state index in [-0.39, 0.29) is 23.7 Å². The van der Waals surface area contributed by atoms with Gasteiger partial charge in [0.15, 0.2) is 5.96 Å². The van der Waals surface area contributed by atoms with E-state index in [1.807, 2.05) is 36.9 Å². The van der Waals surface area contributed by atoms with E-state index in [0.29, 0.717) is 5.96 Å². The summed E-state index contributed by atoms with van der Waals surface area (Å²) in [5, 5.41) is 7.00. The van der Waals surface area contributed by atoms with Crippen molar-refractivity contribution in [3.8, 4) is 0 Å². The number of para-hydroxylation sites is 1. The summed E-state index contributed by atoms with van der Waals surface area (Å²) >= 11 is 0. The number of anilines is 1. The van der Waals surface area contributed by atoms with Crippen molar-refractivity contribution in [3.63, 3.8) is 0 Å². The zero-order chi connectivity index (χ0) is 22.1. The number of hydrogen-bond acceptors (Lipinski definition) is 4. The zero-order valence-electron chi connectivity index (χ0n) is 18.9. The van der Waals surface area contributed by atoms with Gasteiger partial charge in [0.05, 0.1) is 0 Å². The molecule has 2 N–H and O–H groups in total. The number of nitrogens with one attached hydrogen (secondary N) is 2. The van der Waals surface area contributed by atoms with Gasteiger partial charge in [-0.3, -0.25) is 9.00 Å². The van der Waals surface area contributed by atoms with Crippen molar-refractivity contribution in [2.75, 3.05) is 49.9 Å². The van der Waals surface area contributed by atoms with E-state index in [1.165, 1.54) is 5.69 Å². The molecule has 3 unspecified atom stereocenters. The normalized spacial score (nSPS) is 23.4. The van der Waals surface area contributed by atoms with Gasteiger partial charge in [0.25, 0.3) is 0 Å². The van der Waals surface area contributed by atoms with Gasteiger partial charge in [-0.1, -0.05) is 31.5 Å². The van der Waals surface area contributed by atoms with E-state index < -0.39 is 10.8 Å². The van der Waals surface area contributed by atoms with Crippen LogP contribution in [0.4, 0.5) is 5.69 Å². The van der Waals surface area contributed by atoms with Crippen LogP contribution in [0.25, 0.3) is 0 Å².